The Bertz CT molecular complexity index is 1480. The van der Waals surface area contributed by atoms with E-state index in [1.807, 2.05) is 58.9 Å². The third-order valence-electron chi connectivity index (χ3n) is 6.91. The number of benzene rings is 3. The van der Waals surface area contributed by atoms with Gasteiger partial charge in [0.2, 0.25) is 11.8 Å². The smallest absolute Gasteiger partial charge is 0.264 e. The quantitative estimate of drug-likeness (QED) is 0.250. The summed E-state index contributed by atoms with van der Waals surface area (Å²) in [5, 5.41) is 3.13. The molecule has 2 atom stereocenters. The van der Waals surface area contributed by atoms with Crippen LogP contribution in [0.3, 0.4) is 0 Å². The molecule has 3 aromatic carbocycles. The summed E-state index contributed by atoms with van der Waals surface area (Å²) in [6, 6.07) is 17.7. The van der Waals surface area contributed by atoms with Crippen LogP contribution >= 0.6 is 23.2 Å². The predicted octanol–water partition coefficient (Wildman–Crippen LogP) is 6.53. The third-order valence-corrected chi connectivity index (χ3v) is 9.49. The van der Waals surface area contributed by atoms with Crippen LogP contribution < -0.4 is 9.62 Å². The van der Waals surface area contributed by atoms with E-state index in [2.05, 4.69) is 5.32 Å². The summed E-state index contributed by atoms with van der Waals surface area (Å²) in [4.78, 5) is 29.0. The van der Waals surface area contributed by atoms with E-state index in [4.69, 9.17) is 23.2 Å². The van der Waals surface area contributed by atoms with E-state index >= 15 is 0 Å². The Balaban J connectivity index is 2.10. The highest BCUT2D eigenvalue weighted by molar-refractivity contribution is 7.92. The van der Waals surface area contributed by atoms with Gasteiger partial charge >= 0.3 is 0 Å². The van der Waals surface area contributed by atoms with Crippen molar-refractivity contribution in [3.05, 3.63) is 93.5 Å². The summed E-state index contributed by atoms with van der Waals surface area (Å²) in [5.74, 6) is -0.846. The Morgan fingerprint density at radius 3 is 2.17 bits per heavy atom. The minimum Gasteiger partial charge on any atom is -0.352 e. The van der Waals surface area contributed by atoms with E-state index in [1.165, 1.54) is 23.1 Å². The number of halogens is 2. The largest absolute Gasteiger partial charge is 0.352 e. The van der Waals surface area contributed by atoms with Gasteiger partial charge in [-0.25, -0.2) is 8.42 Å². The van der Waals surface area contributed by atoms with Crippen LogP contribution in [0.15, 0.2) is 71.6 Å². The van der Waals surface area contributed by atoms with Gasteiger partial charge in [0.05, 0.1) is 20.6 Å². The maximum absolute atomic E-state index is 14.2. The van der Waals surface area contributed by atoms with Crippen LogP contribution in [-0.4, -0.2) is 43.8 Å². The molecule has 0 aliphatic heterocycles. The summed E-state index contributed by atoms with van der Waals surface area (Å²) in [7, 11) is -4.25. The first-order valence-electron chi connectivity index (χ1n) is 13.6. The van der Waals surface area contributed by atoms with E-state index in [-0.39, 0.29) is 39.1 Å². The molecule has 0 spiro atoms. The first-order valence-corrected chi connectivity index (χ1v) is 15.8. The lowest BCUT2D eigenvalue weighted by atomic mass is 10.1. The van der Waals surface area contributed by atoms with E-state index in [0.29, 0.717) is 6.42 Å². The van der Waals surface area contributed by atoms with Crippen LogP contribution in [0.1, 0.15) is 50.3 Å². The molecule has 3 rings (SSSR count). The zero-order valence-electron chi connectivity index (χ0n) is 24.0. The normalized spacial score (nSPS) is 12.9. The lowest BCUT2D eigenvalue weighted by Crippen LogP contribution is -2.53. The van der Waals surface area contributed by atoms with Gasteiger partial charge in [0.1, 0.15) is 12.6 Å². The summed E-state index contributed by atoms with van der Waals surface area (Å²) < 4.78 is 29.0. The monoisotopic (exact) mass is 617 g/mol. The average molecular weight is 619 g/mol. The van der Waals surface area contributed by atoms with Crippen LogP contribution in [-0.2, 0) is 26.2 Å². The van der Waals surface area contributed by atoms with Crippen molar-refractivity contribution in [2.75, 3.05) is 10.8 Å². The number of rotatable bonds is 12. The lowest BCUT2D eigenvalue weighted by molar-refractivity contribution is -0.140. The molecule has 41 heavy (non-hydrogen) atoms. The van der Waals surface area contributed by atoms with E-state index in [1.54, 1.807) is 24.3 Å². The fraction of sp³-hybridized carbons (Fsp3) is 0.355. The second-order valence-corrected chi connectivity index (χ2v) is 12.8. The minimum absolute atomic E-state index is 0.00117. The van der Waals surface area contributed by atoms with E-state index in [9.17, 15) is 18.0 Å². The number of carbonyl (C=O) groups is 2. The molecule has 2 amide bonds. The molecule has 0 bridgehead atoms. The van der Waals surface area contributed by atoms with Crippen molar-refractivity contribution >= 4 is 50.7 Å². The summed E-state index contributed by atoms with van der Waals surface area (Å²) >= 11 is 12.8. The number of hydrogen-bond donors (Lipinski definition) is 1. The highest BCUT2D eigenvalue weighted by Gasteiger charge is 2.35. The fourth-order valence-corrected chi connectivity index (χ4v) is 6.28. The van der Waals surface area contributed by atoms with Crippen molar-refractivity contribution in [2.24, 2.45) is 0 Å². The Hall–Kier alpha value is -3.07. The van der Waals surface area contributed by atoms with Crippen LogP contribution in [0.25, 0.3) is 0 Å². The Kier molecular flexibility index (Phi) is 11.2. The first-order chi connectivity index (χ1) is 19.4. The third kappa shape index (κ3) is 8.03. The SMILES string of the molecule is CC[C@@H](C)NC(=O)[C@@H](CC)N(Cc1cccc(C)c1)C(=O)CN(c1cccc(Cl)c1Cl)S(=O)(=O)c1ccc(C)cc1. The van der Waals surface area contributed by atoms with Gasteiger partial charge in [0, 0.05) is 12.6 Å². The molecule has 10 heteroatoms. The molecule has 0 unspecified atom stereocenters. The lowest BCUT2D eigenvalue weighted by Gasteiger charge is -2.34. The Labute approximate surface area is 253 Å². The van der Waals surface area contributed by atoms with E-state index in [0.717, 1.165) is 27.4 Å². The fourth-order valence-electron chi connectivity index (χ4n) is 4.40. The Morgan fingerprint density at radius 2 is 1.56 bits per heavy atom. The Morgan fingerprint density at radius 1 is 0.902 bits per heavy atom. The van der Waals surface area contributed by atoms with Gasteiger partial charge in [0.15, 0.2) is 0 Å². The maximum Gasteiger partial charge on any atom is 0.264 e. The van der Waals surface area contributed by atoms with Crippen molar-refractivity contribution in [3.8, 4) is 0 Å². The van der Waals surface area contributed by atoms with E-state index < -0.39 is 28.5 Å². The second-order valence-electron chi connectivity index (χ2n) is 10.2. The molecule has 0 saturated carbocycles. The van der Waals surface area contributed by atoms with Gasteiger partial charge in [-0.1, -0.05) is 90.6 Å². The predicted molar refractivity (Wildman–Crippen MR) is 166 cm³/mol. The topological polar surface area (TPSA) is 86.8 Å². The zero-order chi connectivity index (χ0) is 30.3. The van der Waals surface area contributed by atoms with Crippen molar-refractivity contribution in [3.63, 3.8) is 0 Å². The minimum atomic E-state index is -4.25. The number of amides is 2. The number of hydrogen-bond acceptors (Lipinski definition) is 4. The molecule has 7 nitrogen and oxygen atoms in total. The second kappa shape index (κ2) is 14.2. The number of nitrogens with one attached hydrogen (secondary N) is 1. The van der Waals surface area contributed by atoms with Crippen LogP contribution in [0.2, 0.25) is 10.0 Å². The molecule has 0 fully saturated rings. The van der Waals surface area contributed by atoms with Gasteiger partial charge in [-0.3, -0.25) is 13.9 Å². The number of nitrogens with zero attached hydrogens (tertiary/aromatic N) is 2. The summed E-state index contributed by atoms with van der Waals surface area (Å²) in [6.07, 6.45) is 1.06. The molecule has 0 aromatic heterocycles. The molecule has 0 aliphatic carbocycles. The van der Waals surface area contributed by atoms with Crippen molar-refractivity contribution in [1.29, 1.82) is 0 Å². The first kappa shape index (κ1) is 32.4. The number of sulfonamides is 1. The van der Waals surface area contributed by atoms with Gasteiger partial charge in [-0.2, -0.15) is 0 Å². The highest BCUT2D eigenvalue weighted by Crippen LogP contribution is 2.35. The average Bonchev–Trinajstić information content (AvgIpc) is 2.93. The molecule has 0 aliphatic rings. The molecular formula is C31H37Cl2N3O4S. The molecule has 220 valence electrons. The van der Waals surface area contributed by atoms with Crippen LogP contribution in [0.4, 0.5) is 5.69 Å². The number of carbonyl (C=O) groups excluding carboxylic acids is 2. The van der Waals surface area contributed by atoms with Crippen LogP contribution in [0, 0.1) is 13.8 Å². The van der Waals surface area contributed by atoms with Gasteiger partial charge in [0.25, 0.3) is 10.0 Å². The van der Waals surface area contributed by atoms with Crippen molar-refractivity contribution in [2.45, 2.75) is 71.0 Å². The summed E-state index contributed by atoms with van der Waals surface area (Å²) in [5.41, 5.74) is 2.78. The molecule has 0 heterocycles. The molecular weight excluding hydrogens is 581 g/mol. The summed E-state index contributed by atoms with van der Waals surface area (Å²) in [6.45, 7) is 9.01. The van der Waals surface area contributed by atoms with Crippen molar-refractivity contribution < 1.29 is 18.0 Å². The zero-order valence-corrected chi connectivity index (χ0v) is 26.4. The van der Waals surface area contributed by atoms with Gasteiger partial charge < -0.3 is 10.2 Å². The highest BCUT2D eigenvalue weighted by atomic mass is 35.5. The molecule has 0 radical (unpaired) electrons. The maximum atomic E-state index is 14.2. The number of aryl methyl sites for hydroxylation is 2. The number of anilines is 1. The molecule has 1 N–H and O–H groups in total. The van der Waals surface area contributed by atoms with Gasteiger partial charge in [-0.05, 0) is 63.4 Å². The van der Waals surface area contributed by atoms with Gasteiger partial charge in [-0.15, -0.1) is 0 Å². The molecule has 0 saturated heterocycles. The molecule has 3 aromatic rings. The van der Waals surface area contributed by atoms with Crippen molar-refractivity contribution in [1.82, 2.24) is 10.2 Å². The van der Waals surface area contributed by atoms with Crippen LogP contribution in [0.5, 0.6) is 0 Å². The standard InChI is InChI=1S/C31H37Cl2N3O4S/c1-6-23(5)34-31(38)27(7-2)35(19-24-11-8-10-22(4)18-24)29(37)20-36(28-13-9-12-26(32)30(28)33)41(39,40)25-16-14-21(3)15-17-25/h8-18,23,27H,6-7,19-20H2,1-5H3,(H,34,38)/t23-,27-/m1/s1.